The average Bonchev–Trinajstić information content (AvgIpc) is 1.67. The first-order valence-electron chi connectivity index (χ1n) is 38.0. The molecule has 0 saturated heterocycles. The fourth-order valence-electron chi connectivity index (χ4n) is 11.1. The molecule has 0 radical (unpaired) electrons. The van der Waals surface area contributed by atoms with Gasteiger partial charge in [-0.2, -0.15) is 0 Å². The lowest BCUT2D eigenvalue weighted by Gasteiger charge is -2.21. The number of unbranched alkanes of at least 4 members (excludes halogenated alkanes) is 42. The molecule has 0 rings (SSSR count). The Labute approximate surface area is 562 Å². The van der Waals surface area contributed by atoms with E-state index in [0.29, 0.717) is 25.7 Å². The van der Waals surface area contributed by atoms with Crippen molar-refractivity contribution in [3.05, 3.63) is 0 Å². The molecule has 5 atom stereocenters. The second-order valence-corrected chi connectivity index (χ2v) is 30.2. The molecule has 0 saturated carbocycles. The van der Waals surface area contributed by atoms with Gasteiger partial charge in [-0.1, -0.05) is 324 Å². The van der Waals surface area contributed by atoms with Crippen molar-refractivity contribution in [1.29, 1.82) is 0 Å². The number of carbonyl (C=O) groups excluding carboxylic acids is 4. The number of phosphoric acid groups is 2. The number of hydrogen-bond acceptors (Lipinski definition) is 15. The molecule has 0 fully saturated rings. The number of hydrogen-bond donors (Lipinski definition) is 3. The van der Waals surface area contributed by atoms with Crippen molar-refractivity contribution in [3.63, 3.8) is 0 Å². The summed E-state index contributed by atoms with van der Waals surface area (Å²) in [7, 11) is -9.89. The number of esters is 4. The maximum atomic E-state index is 13.1. The first-order chi connectivity index (χ1) is 44.4. The highest BCUT2D eigenvalue weighted by atomic mass is 31.2. The summed E-state index contributed by atoms with van der Waals surface area (Å²) in [5, 5.41) is 10.6. The summed E-state index contributed by atoms with van der Waals surface area (Å²) in [6.07, 6.45) is 51.9. The second-order valence-electron chi connectivity index (χ2n) is 27.3. The van der Waals surface area contributed by atoms with Gasteiger partial charge in [-0.3, -0.25) is 37.3 Å². The van der Waals surface area contributed by atoms with E-state index >= 15 is 0 Å². The third-order valence-electron chi connectivity index (χ3n) is 17.0. The largest absolute Gasteiger partial charge is 0.472 e. The van der Waals surface area contributed by atoms with Crippen molar-refractivity contribution in [2.75, 3.05) is 39.6 Å². The topological polar surface area (TPSA) is 237 Å². The molecular formula is C73H142O17P2. The van der Waals surface area contributed by atoms with Gasteiger partial charge in [-0.15, -0.1) is 0 Å². The molecule has 0 spiro atoms. The summed E-state index contributed by atoms with van der Waals surface area (Å²) < 4.78 is 68.2. The minimum absolute atomic E-state index is 0.104. The highest BCUT2D eigenvalue weighted by Gasteiger charge is 2.30. The molecular weight excluding hydrogens is 1210 g/mol. The molecule has 0 aliphatic rings. The van der Waals surface area contributed by atoms with Crippen LogP contribution in [0.3, 0.4) is 0 Å². The number of phosphoric ester groups is 2. The molecule has 0 aromatic rings. The van der Waals surface area contributed by atoms with Crippen molar-refractivity contribution in [1.82, 2.24) is 0 Å². The fourth-order valence-corrected chi connectivity index (χ4v) is 12.7. The Kier molecular flexibility index (Phi) is 63.7. The van der Waals surface area contributed by atoms with Gasteiger partial charge in [-0.05, 0) is 37.5 Å². The zero-order chi connectivity index (χ0) is 67.9. The summed E-state index contributed by atoms with van der Waals surface area (Å²) in [5.74, 6) is -0.605. The van der Waals surface area contributed by atoms with Crippen LogP contribution in [-0.4, -0.2) is 96.7 Å². The minimum atomic E-state index is -4.95. The van der Waals surface area contributed by atoms with Crippen LogP contribution in [0.25, 0.3) is 0 Å². The van der Waals surface area contributed by atoms with Gasteiger partial charge in [-0.25, -0.2) is 9.13 Å². The van der Waals surface area contributed by atoms with E-state index in [0.717, 1.165) is 108 Å². The molecule has 546 valence electrons. The Bertz CT molecular complexity index is 1790. The molecule has 0 amide bonds. The van der Waals surface area contributed by atoms with Crippen LogP contribution in [0.5, 0.6) is 0 Å². The van der Waals surface area contributed by atoms with Gasteiger partial charge in [0.05, 0.1) is 26.4 Å². The fraction of sp³-hybridized carbons (Fsp3) is 0.945. The van der Waals surface area contributed by atoms with Crippen LogP contribution in [0.4, 0.5) is 0 Å². The molecule has 0 aromatic heterocycles. The molecule has 2 unspecified atom stereocenters. The quantitative estimate of drug-likeness (QED) is 0.0222. The Morgan fingerprint density at radius 2 is 0.500 bits per heavy atom. The first-order valence-corrected chi connectivity index (χ1v) is 41.0. The average molecular weight is 1350 g/mol. The van der Waals surface area contributed by atoms with Gasteiger partial charge >= 0.3 is 39.5 Å². The number of aliphatic hydroxyl groups is 1. The van der Waals surface area contributed by atoms with Crippen LogP contribution in [0.1, 0.15) is 375 Å². The second kappa shape index (κ2) is 65.0. The summed E-state index contributed by atoms with van der Waals surface area (Å²) in [6.45, 7) is 9.47. The van der Waals surface area contributed by atoms with Crippen LogP contribution in [0, 0.1) is 11.8 Å². The Morgan fingerprint density at radius 1 is 0.293 bits per heavy atom. The van der Waals surface area contributed by atoms with Gasteiger partial charge in [0.1, 0.15) is 19.3 Å². The molecule has 0 heterocycles. The third-order valence-corrected chi connectivity index (χ3v) is 18.9. The Morgan fingerprint density at radius 3 is 0.739 bits per heavy atom. The van der Waals surface area contributed by atoms with Crippen molar-refractivity contribution >= 4 is 39.5 Å². The lowest BCUT2D eigenvalue weighted by atomic mass is 10.0. The van der Waals surface area contributed by atoms with E-state index in [9.17, 15) is 43.2 Å². The lowest BCUT2D eigenvalue weighted by molar-refractivity contribution is -0.161. The maximum absolute atomic E-state index is 13.1. The van der Waals surface area contributed by atoms with E-state index in [4.69, 9.17) is 37.0 Å². The smallest absolute Gasteiger partial charge is 0.462 e. The maximum Gasteiger partial charge on any atom is 0.472 e. The molecule has 0 aliphatic heterocycles. The van der Waals surface area contributed by atoms with Crippen molar-refractivity contribution in [3.8, 4) is 0 Å². The van der Waals surface area contributed by atoms with Crippen LogP contribution in [0.2, 0.25) is 0 Å². The molecule has 17 nitrogen and oxygen atoms in total. The Balaban J connectivity index is 5.14. The van der Waals surface area contributed by atoms with E-state index < -0.39 is 97.5 Å². The van der Waals surface area contributed by atoms with Gasteiger partial charge in [0.15, 0.2) is 12.2 Å². The van der Waals surface area contributed by atoms with Gasteiger partial charge in [0, 0.05) is 25.7 Å². The van der Waals surface area contributed by atoms with E-state index in [2.05, 4.69) is 41.5 Å². The molecule has 0 aromatic carbocycles. The zero-order valence-electron chi connectivity index (χ0n) is 59.9. The summed E-state index contributed by atoms with van der Waals surface area (Å²) in [4.78, 5) is 72.4. The summed E-state index contributed by atoms with van der Waals surface area (Å²) in [6, 6.07) is 0. The Hall–Kier alpha value is -1.94. The third kappa shape index (κ3) is 66.7. The van der Waals surface area contributed by atoms with Crippen molar-refractivity contribution in [2.24, 2.45) is 11.8 Å². The van der Waals surface area contributed by atoms with Gasteiger partial charge < -0.3 is 33.8 Å². The minimum Gasteiger partial charge on any atom is -0.462 e. The van der Waals surface area contributed by atoms with Crippen molar-refractivity contribution in [2.45, 2.75) is 394 Å². The standard InChI is InChI=1S/C73H142O17P2/c1-7-9-11-13-14-15-16-17-18-19-23-26-29-32-38-44-50-56-71(76)84-62-69(90-72(77)57-51-45-39-33-30-27-24-21-20-22-25-28-31-36-42-47-53-65(3)4)64-88-92(81,82)86-60-67(74)59-85-91(79,80)87-63-68(61-83-70(75)55-49-41-12-10-8-2)89-73(78)58-52-46-40-35-34-37-43-48-54-66(5)6/h65-69,74H,7-64H2,1-6H3,(H,79,80)(H,81,82)/t67-,68+,69+/m0/s1. The molecule has 92 heavy (non-hydrogen) atoms. The SMILES string of the molecule is CCCCCCCCCCCCCCCCCCCC(=O)OC[C@H](COP(=O)(O)OC[C@@H](O)COP(=O)(O)OC[C@@H](COC(=O)CCCCCCC)OC(=O)CCCCCCCCCCC(C)C)OC(=O)CCCCCCCCCCCCCCCCCCC(C)C. The van der Waals surface area contributed by atoms with Crippen LogP contribution >= 0.6 is 15.6 Å². The number of aliphatic hydroxyl groups excluding tert-OH is 1. The van der Waals surface area contributed by atoms with Crippen LogP contribution in [0.15, 0.2) is 0 Å². The van der Waals surface area contributed by atoms with Crippen molar-refractivity contribution < 1.29 is 80.2 Å². The number of rotatable bonds is 72. The van der Waals surface area contributed by atoms with E-state index in [-0.39, 0.29) is 25.7 Å². The molecule has 0 bridgehead atoms. The highest BCUT2D eigenvalue weighted by Crippen LogP contribution is 2.45. The van der Waals surface area contributed by atoms with Gasteiger partial charge in [0.2, 0.25) is 0 Å². The number of carbonyl (C=O) groups is 4. The van der Waals surface area contributed by atoms with E-state index in [1.165, 1.54) is 186 Å². The highest BCUT2D eigenvalue weighted by molar-refractivity contribution is 7.47. The number of ether oxygens (including phenoxy) is 4. The van der Waals surface area contributed by atoms with Crippen LogP contribution in [-0.2, 0) is 65.4 Å². The summed E-state index contributed by atoms with van der Waals surface area (Å²) in [5.41, 5.74) is 0. The van der Waals surface area contributed by atoms with Gasteiger partial charge in [0.25, 0.3) is 0 Å². The predicted octanol–water partition coefficient (Wildman–Crippen LogP) is 21.2. The summed E-state index contributed by atoms with van der Waals surface area (Å²) >= 11 is 0. The molecule has 0 aliphatic carbocycles. The molecule has 19 heteroatoms. The van der Waals surface area contributed by atoms with E-state index in [1.807, 2.05) is 0 Å². The lowest BCUT2D eigenvalue weighted by Crippen LogP contribution is -2.30. The zero-order valence-corrected chi connectivity index (χ0v) is 61.6. The monoisotopic (exact) mass is 1350 g/mol. The first kappa shape index (κ1) is 90.1. The van der Waals surface area contributed by atoms with Crippen LogP contribution < -0.4 is 0 Å². The molecule has 3 N–H and O–H groups in total. The normalized spacial score (nSPS) is 14.1. The predicted molar refractivity (Wildman–Crippen MR) is 372 cm³/mol. The van der Waals surface area contributed by atoms with E-state index in [1.54, 1.807) is 0 Å².